The Hall–Kier alpha value is -0.610. The van der Waals surface area contributed by atoms with Crippen molar-refractivity contribution in [2.75, 3.05) is 11.9 Å². The van der Waals surface area contributed by atoms with Crippen LogP contribution in [0.25, 0.3) is 0 Å². The Labute approximate surface area is 95.8 Å². The van der Waals surface area contributed by atoms with E-state index >= 15 is 0 Å². The zero-order valence-electron chi connectivity index (χ0n) is 10.1. The van der Waals surface area contributed by atoms with Gasteiger partial charge in [0, 0.05) is 18.5 Å². The monoisotopic (exact) mass is 228 g/mol. The summed E-state index contributed by atoms with van der Waals surface area (Å²) in [5.74, 6) is 0.592. The van der Waals surface area contributed by atoms with Gasteiger partial charge >= 0.3 is 0 Å². The van der Waals surface area contributed by atoms with E-state index < -0.39 is 6.10 Å². The number of aromatic nitrogens is 1. The van der Waals surface area contributed by atoms with E-state index in [2.05, 4.69) is 37.7 Å². The first-order valence-corrected chi connectivity index (χ1v) is 6.17. The van der Waals surface area contributed by atoms with E-state index in [-0.39, 0.29) is 0 Å². The number of thiazole rings is 1. The van der Waals surface area contributed by atoms with Gasteiger partial charge in [-0.2, -0.15) is 0 Å². The molecular formula is C11H20N2OS. The molecule has 1 rings (SSSR count). The lowest BCUT2D eigenvalue weighted by Gasteiger charge is -2.27. The van der Waals surface area contributed by atoms with E-state index in [0.29, 0.717) is 12.0 Å². The van der Waals surface area contributed by atoms with Crippen molar-refractivity contribution in [1.82, 2.24) is 4.98 Å². The fourth-order valence-electron chi connectivity index (χ4n) is 1.25. The molecule has 86 valence electrons. The Bertz CT molecular complexity index is 309. The summed E-state index contributed by atoms with van der Waals surface area (Å²) in [6.45, 7) is 8.33. The molecule has 15 heavy (non-hydrogen) atoms. The minimum absolute atomic E-state index is 0.456. The number of anilines is 1. The number of rotatable bonds is 4. The molecule has 0 saturated heterocycles. The molecular weight excluding hydrogens is 208 g/mol. The lowest BCUT2D eigenvalue weighted by atomic mass is 10.1. The maximum absolute atomic E-state index is 9.39. The van der Waals surface area contributed by atoms with Crippen LogP contribution in [0.15, 0.2) is 5.38 Å². The van der Waals surface area contributed by atoms with Gasteiger partial charge in [-0.05, 0) is 19.8 Å². The highest BCUT2D eigenvalue weighted by Gasteiger charge is 2.17. The summed E-state index contributed by atoms with van der Waals surface area (Å²) in [6.07, 6.45) is -0.474. The van der Waals surface area contributed by atoms with Gasteiger partial charge in [-0.25, -0.2) is 4.98 Å². The lowest BCUT2D eigenvalue weighted by molar-refractivity contribution is 0.195. The molecule has 1 N–H and O–H groups in total. The minimum Gasteiger partial charge on any atom is -0.387 e. The van der Waals surface area contributed by atoms with Crippen molar-refractivity contribution in [1.29, 1.82) is 0 Å². The Morgan fingerprint density at radius 2 is 1.93 bits per heavy atom. The third-order valence-electron chi connectivity index (χ3n) is 2.82. The Kier molecular flexibility index (Phi) is 4.11. The molecule has 2 unspecified atom stereocenters. The Morgan fingerprint density at radius 1 is 1.33 bits per heavy atom. The topological polar surface area (TPSA) is 36.4 Å². The average Bonchev–Trinajstić information content (AvgIpc) is 2.64. The zero-order valence-corrected chi connectivity index (χ0v) is 10.9. The van der Waals surface area contributed by atoms with Crippen molar-refractivity contribution in [3.63, 3.8) is 0 Å². The van der Waals surface area contributed by atoms with E-state index in [9.17, 15) is 5.11 Å². The van der Waals surface area contributed by atoms with E-state index in [1.54, 1.807) is 18.3 Å². The number of hydrogen-bond donors (Lipinski definition) is 1. The molecule has 1 aromatic heterocycles. The van der Waals surface area contributed by atoms with Crippen LogP contribution in [0.1, 0.15) is 39.5 Å². The van der Waals surface area contributed by atoms with E-state index in [1.165, 1.54) is 0 Å². The van der Waals surface area contributed by atoms with Crippen LogP contribution < -0.4 is 4.90 Å². The number of aliphatic hydroxyl groups is 1. The minimum atomic E-state index is -0.474. The quantitative estimate of drug-likeness (QED) is 0.860. The fourth-order valence-corrected chi connectivity index (χ4v) is 2.22. The first-order valence-electron chi connectivity index (χ1n) is 5.29. The molecule has 4 heteroatoms. The molecule has 0 aliphatic carbocycles. The summed E-state index contributed by atoms with van der Waals surface area (Å²) in [5, 5.41) is 12.3. The van der Waals surface area contributed by atoms with Gasteiger partial charge < -0.3 is 10.0 Å². The van der Waals surface area contributed by atoms with Gasteiger partial charge in [0.15, 0.2) is 5.13 Å². The van der Waals surface area contributed by atoms with Gasteiger partial charge in [-0.1, -0.05) is 13.8 Å². The molecule has 3 nitrogen and oxygen atoms in total. The molecule has 0 spiro atoms. The molecule has 0 radical (unpaired) electrons. The largest absolute Gasteiger partial charge is 0.387 e. The van der Waals surface area contributed by atoms with Crippen molar-refractivity contribution in [3.05, 3.63) is 11.1 Å². The molecule has 0 saturated carbocycles. The van der Waals surface area contributed by atoms with Crippen molar-refractivity contribution >= 4 is 16.5 Å². The van der Waals surface area contributed by atoms with Crippen LogP contribution in [-0.4, -0.2) is 23.2 Å². The third kappa shape index (κ3) is 2.92. The van der Waals surface area contributed by atoms with Crippen LogP contribution in [0.2, 0.25) is 0 Å². The summed E-state index contributed by atoms with van der Waals surface area (Å²) >= 11 is 1.59. The molecule has 0 aliphatic heterocycles. The van der Waals surface area contributed by atoms with Gasteiger partial charge in [0.1, 0.15) is 0 Å². The summed E-state index contributed by atoms with van der Waals surface area (Å²) in [7, 11) is 2.05. The van der Waals surface area contributed by atoms with Gasteiger partial charge in [0.2, 0.25) is 0 Å². The molecule has 1 heterocycles. The highest BCUT2D eigenvalue weighted by Crippen LogP contribution is 2.25. The normalized spacial score (nSPS) is 15.4. The summed E-state index contributed by atoms with van der Waals surface area (Å²) in [5.41, 5.74) is 0.762. The number of aliphatic hydroxyl groups excluding tert-OH is 1. The summed E-state index contributed by atoms with van der Waals surface area (Å²) in [6, 6.07) is 0.456. The van der Waals surface area contributed by atoms with Crippen molar-refractivity contribution in [3.8, 4) is 0 Å². The maximum atomic E-state index is 9.39. The van der Waals surface area contributed by atoms with E-state index in [0.717, 1.165) is 10.8 Å². The molecule has 1 aromatic rings. The van der Waals surface area contributed by atoms with Crippen LogP contribution in [0.4, 0.5) is 5.13 Å². The molecule has 0 bridgehead atoms. The highest BCUT2D eigenvalue weighted by atomic mass is 32.1. The second-order valence-electron chi connectivity index (χ2n) is 4.33. The van der Waals surface area contributed by atoms with Crippen LogP contribution >= 0.6 is 11.3 Å². The van der Waals surface area contributed by atoms with Crippen molar-refractivity contribution < 1.29 is 5.11 Å². The molecule has 0 fully saturated rings. The van der Waals surface area contributed by atoms with Gasteiger partial charge in [-0.3, -0.25) is 0 Å². The SMILES string of the molecule is CC(O)c1csc(N(C)C(C)C(C)C)n1. The first kappa shape index (κ1) is 12.5. The van der Waals surface area contributed by atoms with Gasteiger partial charge in [-0.15, -0.1) is 11.3 Å². The predicted octanol–water partition coefficient (Wildman–Crippen LogP) is 2.68. The van der Waals surface area contributed by atoms with Gasteiger partial charge in [0.25, 0.3) is 0 Å². The zero-order chi connectivity index (χ0) is 11.6. The fraction of sp³-hybridized carbons (Fsp3) is 0.727. The molecule has 0 aromatic carbocycles. The van der Waals surface area contributed by atoms with Crippen LogP contribution in [0, 0.1) is 5.92 Å². The van der Waals surface area contributed by atoms with Crippen LogP contribution in [0.3, 0.4) is 0 Å². The van der Waals surface area contributed by atoms with Crippen molar-refractivity contribution in [2.24, 2.45) is 5.92 Å². The lowest BCUT2D eigenvalue weighted by Crippen LogP contribution is -2.33. The van der Waals surface area contributed by atoms with Crippen molar-refractivity contribution in [2.45, 2.75) is 39.8 Å². The van der Waals surface area contributed by atoms with Gasteiger partial charge in [0.05, 0.1) is 11.8 Å². The maximum Gasteiger partial charge on any atom is 0.185 e. The predicted molar refractivity (Wildman–Crippen MR) is 65.5 cm³/mol. The smallest absolute Gasteiger partial charge is 0.185 e. The molecule has 0 amide bonds. The van der Waals surface area contributed by atoms with Crippen LogP contribution in [0.5, 0.6) is 0 Å². The summed E-state index contributed by atoms with van der Waals surface area (Å²) in [4.78, 5) is 6.58. The second kappa shape index (κ2) is 4.94. The molecule has 0 aliphatic rings. The standard InChI is InChI=1S/C11H20N2OS/c1-7(2)8(3)13(5)11-12-10(6-15-11)9(4)14/h6-9,14H,1-5H3. The number of hydrogen-bond acceptors (Lipinski definition) is 4. The van der Waals surface area contributed by atoms with E-state index in [4.69, 9.17) is 0 Å². The van der Waals surface area contributed by atoms with Crippen LogP contribution in [-0.2, 0) is 0 Å². The Morgan fingerprint density at radius 3 is 2.33 bits per heavy atom. The summed E-state index contributed by atoms with van der Waals surface area (Å²) < 4.78 is 0. The average molecular weight is 228 g/mol. The molecule has 2 atom stereocenters. The Balaban J connectivity index is 2.78. The van der Waals surface area contributed by atoms with E-state index in [1.807, 2.05) is 5.38 Å². The number of nitrogens with zero attached hydrogens (tertiary/aromatic N) is 2. The first-order chi connectivity index (χ1) is 6.93. The third-order valence-corrected chi connectivity index (χ3v) is 3.76. The second-order valence-corrected chi connectivity index (χ2v) is 5.16. The highest BCUT2D eigenvalue weighted by molar-refractivity contribution is 7.13.